The fraction of sp³-hybridized carbons (Fsp3) is 0.571. The van der Waals surface area contributed by atoms with Gasteiger partial charge in [-0.2, -0.15) is 0 Å². The van der Waals surface area contributed by atoms with Crippen molar-refractivity contribution in [1.29, 1.82) is 0 Å². The van der Waals surface area contributed by atoms with Gasteiger partial charge in [-0.3, -0.25) is 0 Å². The number of sulfonamides is 1. The summed E-state index contributed by atoms with van der Waals surface area (Å²) >= 11 is 5.98. The van der Waals surface area contributed by atoms with Crippen molar-refractivity contribution in [2.45, 2.75) is 18.2 Å². The highest BCUT2D eigenvalue weighted by molar-refractivity contribution is 7.89. The van der Waals surface area contributed by atoms with Gasteiger partial charge in [0.25, 0.3) is 0 Å². The number of benzene rings is 1. The van der Waals surface area contributed by atoms with Crippen molar-refractivity contribution in [2.75, 3.05) is 39.3 Å². The third-order valence-electron chi connectivity index (χ3n) is 3.66. The van der Waals surface area contributed by atoms with Crippen LogP contribution in [0.2, 0.25) is 5.02 Å². The van der Waals surface area contributed by atoms with Gasteiger partial charge < -0.3 is 10.2 Å². The van der Waals surface area contributed by atoms with Crippen LogP contribution in [0.3, 0.4) is 0 Å². The molecule has 5 nitrogen and oxygen atoms in total. The van der Waals surface area contributed by atoms with Gasteiger partial charge in [0.2, 0.25) is 10.0 Å². The molecule has 0 saturated carbocycles. The smallest absolute Gasteiger partial charge is 0.240 e. The molecule has 0 atom stereocenters. The second-order valence-corrected chi connectivity index (χ2v) is 7.35. The molecule has 0 spiro atoms. The minimum atomic E-state index is -3.48. The minimum absolute atomic E-state index is 0. The van der Waals surface area contributed by atoms with Crippen LogP contribution < -0.4 is 10.0 Å². The molecule has 1 aliphatic heterocycles. The van der Waals surface area contributed by atoms with Crippen LogP contribution in [-0.4, -0.2) is 52.6 Å². The molecule has 1 fully saturated rings. The maximum atomic E-state index is 12.3. The van der Waals surface area contributed by atoms with Crippen LogP contribution in [0.25, 0.3) is 0 Å². The average molecular weight is 405 g/mol. The summed E-state index contributed by atoms with van der Waals surface area (Å²) in [4.78, 5) is 2.60. The third kappa shape index (κ3) is 6.74. The predicted molar refractivity (Wildman–Crippen MR) is 99.8 cm³/mol. The van der Waals surface area contributed by atoms with Crippen molar-refractivity contribution < 1.29 is 8.42 Å². The maximum Gasteiger partial charge on any atom is 0.240 e. The third-order valence-corrected chi connectivity index (χ3v) is 5.68. The van der Waals surface area contributed by atoms with Crippen molar-refractivity contribution >= 4 is 46.4 Å². The van der Waals surface area contributed by atoms with Crippen molar-refractivity contribution in [3.05, 3.63) is 28.8 Å². The molecule has 0 radical (unpaired) electrons. The van der Waals surface area contributed by atoms with E-state index in [1.807, 2.05) is 0 Å². The number of nitrogens with one attached hydrogen (secondary N) is 2. The van der Waals surface area contributed by atoms with Crippen molar-refractivity contribution in [3.63, 3.8) is 0 Å². The second-order valence-electron chi connectivity index (χ2n) is 5.21. The first-order valence-corrected chi connectivity index (χ1v) is 9.05. The lowest BCUT2D eigenvalue weighted by molar-refractivity contribution is 0.239. The lowest BCUT2D eigenvalue weighted by atomic mass is 10.2. The summed E-state index contributed by atoms with van der Waals surface area (Å²) in [5.41, 5.74) is 0.591. The Hall–Kier alpha value is -0.0800. The molecule has 2 rings (SSSR count). The molecule has 0 unspecified atom stereocenters. The highest BCUT2D eigenvalue weighted by atomic mass is 35.5. The van der Waals surface area contributed by atoms with Gasteiger partial charge in [0, 0.05) is 37.7 Å². The number of hydrogen-bond donors (Lipinski definition) is 2. The normalized spacial score (nSPS) is 15.6. The highest BCUT2D eigenvalue weighted by Crippen LogP contribution is 2.22. The first-order chi connectivity index (χ1) is 10.0. The number of hydrogen-bond acceptors (Lipinski definition) is 4. The molecule has 0 aromatic heterocycles. The monoisotopic (exact) mass is 403 g/mol. The van der Waals surface area contributed by atoms with Gasteiger partial charge >= 0.3 is 0 Å². The number of piperazine rings is 1. The standard InChI is InChI=1S/C14H22ClN3O2S.2ClH/c1-12-13(15)4-2-5-14(12)21(19,20)17-6-3-9-18-10-7-16-8-11-18;;/h2,4-5,16-17H,3,6-11H2,1H3;2*1H. The van der Waals surface area contributed by atoms with Crippen LogP contribution >= 0.6 is 36.4 Å². The van der Waals surface area contributed by atoms with Gasteiger partial charge in [0.15, 0.2) is 0 Å². The van der Waals surface area contributed by atoms with Crippen LogP contribution in [0.15, 0.2) is 23.1 Å². The molecule has 1 aromatic rings. The van der Waals surface area contributed by atoms with Crippen LogP contribution in [0.1, 0.15) is 12.0 Å². The molecule has 9 heteroatoms. The van der Waals surface area contributed by atoms with E-state index in [0.29, 0.717) is 17.1 Å². The Morgan fingerprint density at radius 2 is 1.91 bits per heavy atom. The zero-order valence-corrected chi connectivity index (χ0v) is 16.3. The van der Waals surface area contributed by atoms with E-state index in [1.54, 1.807) is 25.1 Å². The summed E-state index contributed by atoms with van der Waals surface area (Å²) < 4.78 is 27.2. The summed E-state index contributed by atoms with van der Waals surface area (Å²) in [5.74, 6) is 0. The summed E-state index contributed by atoms with van der Waals surface area (Å²) in [5, 5.41) is 3.77. The van der Waals surface area contributed by atoms with E-state index >= 15 is 0 Å². The first kappa shape index (κ1) is 22.9. The molecule has 1 saturated heterocycles. The molecule has 2 N–H and O–H groups in total. The first-order valence-electron chi connectivity index (χ1n) is 7.18. The molecule has 1 aliphatic rings. The molecule has 1 aromatic carbocycles. The fourth-order valence-electron chi connectivity index (χ4n) is 2.40. The Morgan fingerprint density at radius 3 is 2.57 bits per heavy atom. The van der Waals surface area contributed by atoms with Gasteiger partial charge in [-0.1, -0.05) is 17.7 Å². The predicted octanol–water partition coefficient (Wildman–Crippen LogP) is 2.07. The minimum Gasteiger partial charge on any atom is -0.314 e. The molecule has 1 heterocycles. The maximum absolute atomic E-state index is 12.3. The SMILES string of the molecule is Cc1c(Cl)cccc1S(=O)(=O)NCCCN1CCNCC1.Cl.Cl. The summed E-state index contributed by atoms with van der Waals surface area (Å²) in [6.45, 7) is 7.15. The van der Waals surface area contributed by atoms with Crippen molar-refractivity contribution in [2.24, 2.45) is 0 Å². The summed E-state index contributed by atoms with van der Waals surface area (Å²) in [6.07, 6.45) is 0.804. The molecule has 0 bridgehead atoms. The number of halogens is 3. The zero-order chi connectivity index (χ0) is 15.3. The zero-order valence-electron chi connectivity index (χ0n) is 13.0. The molecular formula is C14H24Cl3N3O2S. The fourth-order valence-corrected chi connectivity index (χ4v) is 3.97. The molecule has 23 heavy (non-hydrogen) atoms. The second kappa shape index (κ2) is 10.7. The van der Waals surface area contributed by atoms with Crippen LogP contribution in [0.4, 0.5) is 0 Å². The average Bonchev–Trinajstić information content (AvgIpc) is 2.47. The Labute approximate surface area is 156 Å². The topological polar surface area (TPSA) is 61.4 Å². The molecule has 134 valence electrons. The molecule has 0 aliphatic carbocycles. The Bertz CT molecular complexity index is 579. The van der Waals surface area contributed by atoms with Crippen molar-refractivity contribution in [3.8, 4) is 0 Å². The summed E-state index contributed by atoms with van der Waals surface area (Å²) in [6, 6.07) is 4.94. The molecular weight excluding hydrogens is 381 g/mol. The highest BCUT2D eigenvalue weighted by Gasteiger charge is 2.17. The quantitative estimate of drug-likeness (QED) is 0.713. The van der Waals surface area contributed by atoms with Gasteiger partial charge in [-0.05, 0) is 37.6 Å². The van der Waals surface area contributed by atoms with E-state index in [2.05, 4.69) is 14.9 Å². The lowest BCUT2D eigenvalue weighted by Crippen LogP contribution is -2.44. The van der Waals surface area contributed by atoms with Gasteiger partial charge in [-0.25, -0.2) is 13.1 Å². The Morgan fingerprint density at radius 1 is 1.26 bits per heavy atom. The van der Waals surface area contributed by atoms with Crippen LogP contribution in [0, 0.1) is 6.92 Å². The van der Waals surface area contributed by atoms with Crippen LogP contribution in [0.5, 0.6) is 0 Å². The van der Waals surface area contributed by atoms with Gasteiger partial charge in [0.05, 0.1) is 4.90 Å². The number of nitrogens with zero attached hydrogens (tertiary/aromatic N) is 1. The Balaban J connectivity index is 0.00000242. The van der Waals surface area contributed by atoms with Gasteiger partial charge in [-0.15, -0.1) is 24.8 Å². The van der Waals surface area contributed by atoms with E-state index in [1.165, 1.54) is 0 Å². The number of rotatable bonds is 6. The van der Waals surface area contributed by atoms with E-state index in [0.717, 1.165) is 39.1 Å². The van der Waals surface area contributed by atoms with E-state index in [-0.39, 0.29) is 29.7 Å². The van der Waals surface area contributed by atoms with E-state index < -0.39 is 10.0 Å². The molecule has 0 amide bonds. The van der Waals surface area contributed by atoms with E-state index in [9.17, 15) is 8.42 Å². The van der Waals surface area contributed by atoms with Gasteiger partial charge in [0.1, 0.15) is 0 Å². The summed E-state index contributed by atoms with van der Waals surface area (Å²) in [7, 11) is -3.48. The Kier molecular flexibility index (Phi) is 10.7. The largest absolute Gasteiger partial charge is 0.314 e. The van der Waals surface area contributed by atoms with Crippen LogP contribution in [-0.2, 0) is 10.0 Å². The van der Waals surface area contributed by atoms with Crippen molar-refractivity contribution in [1.82, 2.24) is 14.9 Å². The van der Waals surface area contributed by atoms with E-state index in [4.69, 9.17) is 11.6 Å². The lowest BCUT2D eigenvalue weighted by Gasteiger charge is -2.27.